The van der Waals surface area contributed by atoms with Gasteiger partial charge in [0.05, 0.1) is 13.5 Å². The number of amides is 2. The lowest BCUT2D eigenvalue weighted by Crippen LogP contribution is -2.21. The van der Waals surface area contributed by atoms with Gasteiger partial charge in [0, 0.05) is 17.0 Å². The second kappa shape index (κ2) is 8.47. The van der Waals surface area contributed by atoms with Gasteiger partial charge >= 0.3 is 0 Å². The quantitative estimate of drug-likeness (QED) is 0.633. The average molecular weight is 325 g/mol. The monoisotopic (exact) mass is 325 g/mol. The first-order valence-electron chi connectivity index (χ1n) is 7.41. The molecular formula is C18H19N3O3. The minimum absolute atomic E-state index is 0.0950. The molecule has 0 aliphatic rings. The first-order valence-corrected chi connectivity index (χ1v) is 7.41. The molecule has 0 bridgehead atoms. The number of nitrogens with one attached hydrogen (secondary N) is 2. The van der Waals surface area contributed by atoms with Crippen LogP contribution in [-0.4, -0.2) is 24.6 Å². The molecule has 0 saturated heterocycles. The lowest BCUT2D eigenvalue weighted by atomic mass is 10.2. The van der Waals surface area contributed by atoms with Crippen LogP contribution in [0.1, 0.15) is 23.7 Å². The summed E-state index contributed by atoms with van der Waals surface area (Å²) in [5, 5.41) is 6.71. The third-order valence-corrected chi connectivity index (χ3v) is 3.17. The number of hydrazone groups is 1. The molecule has 6 heteroatoms. The van der Waals surface area contributed by atoms with Crippen LogP contribution >= 0.6 is 0 Å². The maximum absolute atomic E-state index is 12.0. The van der Waals surface area contributed by atoms with Gasteiger partial charge in [0.25, 0.3) is 5.91 Å². The van der Waals surface area contributed by atoms with Crippen LogP contribution < -0.4 is 15.5 Å². The van der Waals surface area contributed by atoms with Crippen LogP contribution in [0.4, 0.5) is 5.69 Å². The summed E-state index contributed by atoms with van der Waals surface area (Å²) in [6.45, 7) is 1.68. The number of rotatable bonds is 6. The molecule has 2 rings (SSSR count). The molecule has 124 valence electrons. The van der Waals surface area contributed by atoms with Gasteiger partial charge in [-0.3, -0.25) is 9.59 Å². The van der Waals surface area contributed by atoms with E-state index in [2.05, 4.69) is 15.8 Å². The number of methoxy groups -OCH3 is 1. The van der Waals surface area contributed by atoms with Crippen LogP contribution in [0, 0.1) is 0 Å². The molecule has 6 nitrogen and oxygen atoms in total. The summed E-state index contributed by atoms with van der Waals surface area (Å²) in [4.78, 5) is 23.9. The second-order valence-corrected chi connectivity index (χ2v) is 5.11. The Balaban J connectivity index is 1.86. The average Bonchev–Trinajstić information content (AvgIpc) is 2.60. The summed E-state index contributed by atoms with van der Waals surface area (Å²) in [6, 6.07) is 15.8. The Morgan fingerprint density at radius 3 is 2.33 bits per heavy atom. The first-order chi connectivity index (χ1) is 11.6. The highest BCUT2D eigenvalue weighted by atomic mass is 16.5. The topological polar surface area (TPSA) is 79.8 Å². The van der Waals surface area contributed by atoms with E-state index in [1.807, 2.05) is 18.2 Å². The van der Waals surface area contributed by atoms with E-state index < -0.39 is 0 Å². The van der Waals surface area contributed by atoms with Gasteiger partial charge in [0.15, 0.2) is 0 Å². The van der Waals surface area contributed by atoms with Crippen molar-refractivity contribution in [1.29, 1.82) is 0 Å². The molecule has 2 amide bonds. The fourth-order valence-electron chi connectivity index (χ4n) is 1.95. The first kappa shape index (κ1) is 17.2. The Labute approximate surface area is 140 Å². The molecule has 0 fully saturated rings. The van der Waals surface area contributed by atoms with E-state index in [1.54, 1.807) is 50.4 Å². The molecule has 0 saturated carbocycles. The number of carbonyl (C=O) groups excluding carboxylic acids is 2. The molecule has 0 aromatic heterocycles. The van der Waals surface area contributed by atoms with Crippen LogP contribution in [0.15, 0.2) is 59.7 Å². The highest BCUT2D eigenvalue weighted by Crippen LogP contribution is 2.11. The number of hydrogen-bond acceptors (Lipinski definition) is 4. The summed E-state index contributed by atoms with van der Waals surface area (Å²) in [5.41, 5.74) is 4.12. The van der Waals surface area contributed by atoms with Gasteiger partial charge in [-0.05, 0) is 43.3 Å². The number of para-hydroxylation sites is 1. The van der Waals surface area contributed by atoms with Crippen molar-refractivity contribution in [3.05, 3.63) is 60.2 Å². The molecule has 0 radical (unpaired) electrons. The molecule has 0 aliphatic heterocycles. The summed E-state index contributed by atoms with van der Waals surface area (Å²) >= 11 is 0. The lowest BCUT2D eigenvalue weighted by Gasteiger charge is -2.05. The number of hydrogen-bond donors (Lipinski definition) is 2. The number of carbonyl (C=O) groups is 2. The van der Waals surface area contributed by atoms with Crippen molar-refractivity contribution < 1.29 is 14.3 Å². The molecule has 24 heavy (non-hydrogen) atoms. The van der Waals surface area contributed by atoms with Crippen molar-refractivity contribution in [2.45, 2.75) is 13.3 Å². The largest absolute Gasteiger partial charge is 0.497 e. The van der Waals surface area contributed by atoms with Crippen LogP contribution in [-0.2, 0) is 4.79 Å². The number of anilines is 1. The third-order valence-electron chi connectivity index (χ3n) is 3.17. The standard InChI is InChI=1S/C18H19N3O3/c1-13(12-17(22)19-15-6-4-3-5-7-15)20-21-18(23)14-8-10-16(24-2)11-9-14/h3-11H,12H2,1-2H3,(H,19,22)(H,21,23). The van der Waals surface area contributed by atoms with Gasteiger partial charge in [-0.25, -0.2) is 5.43 Å². The van der Waals surface area contributed by atoms with Crippen LogP contribution in [0.5, 0.6) is 5.75 Å². The van der Waals surface area contributed by atoms with Gasteiger partial charge < -0.3 is 10.1 Å². The fourth-order valence-corrected chi connectivity index (χ4v) is 1.95. The molecule has 0 spiro atoms. The van der Waals surface area contributed by atoms with E-state index >= 15 is 0 Å². The van der Waals surface area contributed by atoms with E-state index in [-0.39, 0.29) is 18.2 Å². The Bertz CT molecular complexity index is 725. The van der Waals surface area contributed by atoms with Crippen molar-refractivity contribution in [2.75, 3.05) is 12.4 Å². The summed E-state index contributed by atoms with van der Waals surface area (Å²) in [5.74, 6) is 0.130. The van der Waals surface area contributed by atoms with Crippen molar-refractivity contribution in [3.63, 3.8) is 0 Å². The maximum Gasteiger partial charge on any atom is 0.271 e. The van der Waals surface area contributed by atoms with Gasteiger partial charge in [0.1, 0.15) is 5.75 Å². The van der Waals surface area contributed by atoms with Gasteiger partial charge in [-0.15, -0.1) is 0 Å². The molecule has 0 aliphatic carbocycles. The molecular weight excluding hydrogens is 306 g/mol. The van der Waals surface area contributed by atoms with Crippen LogP contribution in [0.25, 0.3) is 0 Å². The normalized spacial score (nSPS) is 10.8. The highest BCUT2D eigenvalue weighted by Gasteiger charge is 2.07. The highest BCUT2D eigenvalue weighted by molar-refractivity contribution is 6.06. The molecule has 0 unspecified atom stereocenters. The Hall–Kier alpha value is -3.15. The fraction of sp³-hybridized carbons (Fsp3) is 0.167. The Kier molecular flexibility index (Phi) is 6.08. The Morgan fingerprint density at radius 1 is 1.04 bits per heavy atom. The van der Waals surface area contributed by atoms with Crippen molar-refractivity contribution >= 4 is 23.2 Å². The summed E-state index contributed by atoms with van der Waals surface area (Å²) < 4.78 is 5.04. The minimum atomic E-state index is -0.347. The van der Waals surface area contributed by atoms with Crippen molar-refractivity contribution in [2.24, 2.45) is 5.10 Å². The second-order valence-electron chi connectivity index (χ2n) is 5.11. The summed E-state index contributed by atoms with van der Waals surface area (Å²) in [7, 11) is 1.56. The molecule has 0 atom stereocenters. The zero-order valence-corrected chi connectivity index (χ0v) is 13.6. The maximum atomic E-state index is 12.0. The van der Waals surface area contributed by atoms with Crippen LogP contribution in [0.3, 0.4) is 0 Å². The number of ether oxygens (including phenoxy) is 1. The van der Waals surface area contributed by atoms with Gasteiger partial charge in [-0.2, -0.15) is 5.10 Å². The van der Waals surface area contributed by atoms with E-state index in [4.69, 9.17) is 4.74 Å². The van der Waals surface area contributed by atoms with E-state index in [0.717, 1.165) is 5.69 Å². The van der Waals surface area contributed by atoms with Gasteiger partial charge in [0.2, 0.25) is 5.91 Å². The van der Waals surface area contributed by atoms with E-state index in [9.17, 15) is 9.59 Å². The van der Waals surface area contributed by atoms with Crippen LogP contribution in [0.2, 0.25) is 0 Å². The smallest absolute Gasteiger partial charge is 0.271 e. The predicted molar refractivity (Wildman–Crippen MR) is 93.3 cm³/mol. The molecule has 2 aromatic carbocycles. The SMILES string of the molecule is COc1ccc(C(=O)NN=C(C)CC(=O)Nc2ccccc2)cc1. The molecule has 2 aromatic rings. The Morgan fingerprint density at radius 2 is 1.71 bits per heavy atom. The predicted octanol–water partition coefficient (Wildman–Crippen LogP) is 2.83. The zero-order chi connectivity index (χ0) is 17.4. The number of benzene rings is 2. The molecule has 2 N–H and O–H groups in total. The number of nitrogens with zero attached hydrogens (tertiary/aromatic N) is 1. The minimum Gasteiger partial charge on any atom is -0.497 e. The molecule has 0 heterocycles. The zero-order valence-electron chi connectivity index (χ0n) is 13.6. The lowest BCUT2D eigenvalue weighted by molar-refractivity contribution is -0.115. The van der Waals surface area contributed by atoms with Gasteiger partial charge in [-0.1, -0.05) is 18.2 Å². The van der Waals surface area contributed by atoms with E-state index in [1.165, 1.54) is 0 Å². The van der Waals surface area contributed by atoms with Crippen molar-refractivity contribution in [1.82, 2.24) is 5.43 Å². The third kappa shape index (κ3) is 5.24. The van der Waals surface area contributed by atoms with Crippen molar-refractivity contribution in [3.8, 4) is 5.75 Å². The van der Waals surface area contributed by atoms with E-state index in [0.29, 0.717) is 17.0 Å². The summed E-state index contributed by atoms with van der Waals surface area (Å²) in [6.07, 6.45) is 0.0950.